The maximum atomic E-state index is 5.18. The highest BCUT2D eigenvalue weighted by Gasteiger charge is 1.99. The van der Waals surface area contributed by atoms with Gasteiger partial charge in [-0.3, -0.25) is 0 Å². The Morgan fingerprint density at radius 3 is 2.77 bits per heavy atom. The van der Waals surface area contributed by atoms with E-state index in [1.54, 1.807) is 7.11 Å². The van der Waals surface area contributed by atoms with E-state index in [0.29, 0.717) is 0 Å². The van der Waals surface area contributed by atoms with E-state index in [1.807, 2.05) is 6.07 Å². The van der Waals surface area contributed by atoms with Gasteiger partial charge in [0.1, 0.15) is 5.75 Å². The molecule has 13 heavy (non-hydrogen) atoms. The lowest BCUT2D eigenvalue weighted by Crippen LogP contribution is -2.11. The summed E-state index contributed by atoms with van der Waals surface area (Å²) in [5, 5.41) is 3.29. The van der Waals surface area contributed by atoms with Crippen molar-refractivity contribution in [3.63, 3.8) is 0 Å². The van der Waals surface area contributed by atoms with Gasteiger partial charge in [-0.15, -0.1) is 0 Å². The van der Waals surface area contributed by atoms with Crippen molar-refractivity contribution in [3.8, 4) is 5.75 Å². The number of methoxy groups -OCH3 is 1. The molecule has 0 aliphatic carbocycles. The largest absolute Gasteiger partial charge is 0.496 e. The van der Waals surface area contributed by atoms with E-state index in [-0.39, 0.29) is 0 Å². The molecule has 0 heterocycles. The number of nitrogens with one attached hydrogen (secondary N) is 1. The molecule has 0 spiro atoms. The minimum atomic E-state index is 0.927. The fraction of sp³-hybridized carbons (Fsp3) is 0.400. The first-order valence-corrected chi connectivity index (χ1v) is 5.39. The van der Waals surface area contributed by atoms with Crippen molar-refractivity contribution in [2.45, 2.75) is 13.5 Å². The molecule has 1 aromatic rings. The molecule has 2 nitrogen and oxygen atoms in total. The van der Waals surface area contributed by atoms with Gasteiger partial charge in [0.25, 0.3) is 0 Å². The van der Waals surface area contributed by atoms with Gasteiger partial charge in [-0.05, 0) is 46.8 Å². The van der Waals surface area contributed by atoms with Gasteiger partial charge in [0.15, 0.2) is 0 Å². The Labute approximate surface area is 92.8 Å². The van der Waals surface area contributed by atoms with Crippen molar-refractivity contribution >= 4 is 22.6 Å². The molecule has 0 atom stereocenters. The minimum absolute atomic E-state index is 0.927. The standard InChI is InChI=1S/C10H14INO/c1-3-12-7-8-4-5-10(13-2)9(11)6-8/h4-6,12H,3,7H2,1-2H3. The molecular weight excluding hydrogens is 277 g/mol. The van der Waals surface area contributed by atoms with Crippen LogP contribution in [0.25, 0.3) is 0 Å². The van der Waals surface area contributed by atoms with Crippen molar-refractivity contribution < 1.29 is 4.74 Å². The summed E-state index contributed by atoms with van der Waals surface area (Å²) in [6.07, 6.45) is 0. The van der Waals surface area contributed by atoms with Crippen LogP contribution in [0.15, 0.2) is 18.2 Å². The summed E-state index contributed by atoms with van der Waals surface area (Å²) in [6, 6.07) is 6.24. The lowest BCUT2D eigenvalue weighted by Gasteiger charge is -2.06. The second-order valence-corrected chi connectivity index (χ2v) is 3.91. The van der Waals surface area contributed by atoms with Gasteiger partial charge in [0.2, 0.25) is 0 Å². The highest BCUT2D eigenvalue weighted by atomic mass is 127. The van der Waals surface area contributed by atoms with Crippen LogP contribution in [0.4, 0.5) is 0 Å². The summed E-state index contributed by atoms with van der Waals surface area (Å²) in [5.41, 5.74) is 1.30. The van der Waals surface area contributed by atoms with Crippen LogP contribution < -0.4 is 10.1 Å². The van der Waals surface area contributed by atoms with Crippen LogP contribution in [0, 0.1) is 3.57 Å². The molecule has 0 amide bonds. The Balaban J connectivity index is 2.71. The first kappa shape index (κ1) is 10.8. The van der Waals surface area contributed by atoms with Gasteiger partial charge in [0.05, 0.1) is 10.7 Å². The number of ether oxygens (including phenoxy) is 1. The Kier molecular flexibility index (Phi) is 4.52. The molecule has 1 rings (SSSR count). The van der Waals surface area contributed by atoms with Gasteiger partial charge in [-0.2, -0.15) is 0 Å². The van der Waals surface area contributed by atoms with Gasteiger partial charge in [-0.25, -0.2) is 0 Å². The number of halogens is 1. The molecule has 0 bridgehead atoms. The summed E-state index contributed by atoms with van der Waals surface area (Å²) < 4.78 is 6.34. The van der Waals surface area contributed by atoms with E-state index < -0.39 is 0 Å². The molecule has 0 saturated carbocycles. The van der Waals surface area contributed by atoms with Crippen molar-refractivity contribution in [3.05, 3.63) is 27.3 Å². The molecular formula is C10H14INO. The third kappa shape index (κ3) is 3.15. The lowest BCUT2D eigenvalue weighted by atomic mass is 10.2. The average Bonchev–Trinajstić information content (AvgIpc) is 2.15. The fourth-order valence-electron chi connectivity index (χ4n) is 1.09. The van der Waals surface area contributed by atoms with Crippen LogP contribution >= 0.6 is 22.6 Å². The molecule has 0 aliphatic rings. The second-order valence-electron chi connectivity index (χ2n) is 2.75. The molecule has 0 saturated heterocycles. The van der Waals surface area contributed by atoms with E-state index in [4.69, 9.17) is 4.74 Å². The highest BCUT2D eigenvalue weighted by molar-refractivity contribution is 14.1. The van der Waals surface area contributed by atoms with Crippen molar-refractivity contribution in [2.75, 3.05) is 13.7 Å². The highest BCUT2D eigenvalue weighted by Crippen LogP contribution is 2.21. The van der Waals surface area contributed by atoms with Crippen LogP contribution in [-0.2, 0) is 6.54 Å². The van der Waals surface area contributed by atoms with Crippen LogP contribution in [0.5, 0.6) is 5.75 Å². The SMILES string of the molecule is CCNCc1ccc(OC)c(I)c1. The maximum absolute atomic E-state index is 5.18. The fourth-order valence-corrected chi connectivity index (χ4v) is 1.89. The van der Waals surface area contributed by atoms with Crippen molar-refractivity contribution in [2.24, 2.45) is 0 Å². The van der Waals surface area contributed by atoms with Crippen molar-refractivity contribution in [1.82, 2.24) is 5.32 Å². The first-order valence-electron chi connectivity index (χ1n) is 4.31. The van der Waals surface area contributed by atoms with E-state index in [9.17, 15) is 0 Å². The molecule has 0 aliphatic heterocycles. The molecule has 72 valence electrons. The van der Waals surface area contributed by atoms with Gasteiger partial charge < -0.3 is 10.1 Å². The van der Waals surface area contributed by atoms with Crippen LogP contribution in [0.1, 0.15) is 12.5 Å². The lowest BCUT2D eigenvalue weighted by molar-refractivity contribution is 0.411. The Morgan fingerprint density at radius 2 is 2.23 bits per heavy atom. The van der Waals surface area contributed by atoms with Gasteiger partial charge >= 0.3 is 0 Å². The Hall–Kier alpha value is -0.290. The normalized spacial score (nSPS) is 10.1. The number of hydrogen-bond donors (Lipinski definition) is 1. The predicted octanol–water partition coefficient (Wildman–Crippen LogP) is 2.41. The third-order valence-electron chi connectivity index (χ3n) is 1.80. The summed E-state index contributed by atoms with van der Waals surface area (Å²) in [6.45, 7) is 4.04. The van der Waals surface area contributed by atoms with Crippen LogP contribution in [0.2, 0.25) is 0 Å². The average molecular weight is 291 g/mol. The smallest absolute Gasteiger partial charge is 0.132 e. The molecule has 0 aromatic heterocycles. The number of rotatable bonds is 4. The summed E-state index contributed by atoms with van der Waals surface area (Å²) in [5.74, 6) is 0.945. The van der Waals surface area contributed by atoms with Crippen LogP contribution in [-0.4, -0.2) is 13.7 Å². The third-order valence-corrected chi connectivity index (χ3v) is 2.64. The predicted molar refractivity (Wildman–Crippen MR) is 63.1 cm³/mol. The minimum Gasteiger partial charge on any atom is -0.496 e. The van der Waals surface area contributed by atoms with E-state index in [2.05, 4.69) is 47.0 Å². The summed E-state index contributed by atoms with van der Waals surface area (Å²) in [4.78, 5) is 0. The van der Waals surface area contributed by atoms with E-state index in [0.717, 1.165) is 22.4 Å². The Bertz CT molecular complexity index is 276. The zero-order chi connectivity index (χ0) is 9.68. The molecule has 1 N–H and O–H groups in total. The molecule has 3 heteroatoms. The molecule has 0 unspecified atom stereocenters. The van der Waals surface area contributed by atoms with Crippen LogP contribution in [0.3, 0.4) is 0 Å². The first-order chi connectivity index (χ1) is 6.27. The second kappa shape index (κ2) is 5.44. The van der Waals surface area contributed by atoms with E-state index in [1.165, 1.54) is 5.56 Å². The topological polar surface area (TPSA) is 21.3 Å². The maximum Gasteiger partial charge on any atom is 0.132 e. The monoisotopic (exact) mass is 291 g/mol. The van der Waals surface area contributed by atoms with E-state index >= 15 is 0 Å². The number of benzene rings is 1. The summed E-state index contributed by atoms with van der Waals surface area (Å²) in [7, 11) is 1.70. The van der Waals surface area contributed by atoms with Gasteiger partial charge in [-0.1, -0.05) is 13.0 Å². The quantitative estimate of drug-likeness (QED) is 0.860. The number of hydrogen-bond acceptors (Lipinski definition) is 2. The Morgan fingerprint density at radius 1 is 1.46 bits per heavy atom. The molecule has 1 aromatic carbocycles. The molecule has 0 radical (unpaired) electrons. The zero-order valence-electron chi connectivity index (χ0n) is 7.93. The van der Waals surface area contributed by atoms with Crippen molar-refractivity contribution in [1.29, 1.82) is 0 Å². The molecule has 0 fully saturated rings. The summed E-state index contributed by atoms with van der Waals surface area (Å²) >= 11 is 2.28. The zero-order valence-corrected chi connectivity index (χ0v) is 10.1. The van der Waals surface area contributed by atoms with Gasteiger partial charge in [0, 0.05) is 6.54 Å².